The van der Waals surface area contributed by atoms with Crippen LogP contribution in [0.4, 0.5) is 0 Å². The second-order valence-electron chi connectivity index (χ2n) is 6.35. The molecule has 1 saturated heterocycles. The summed E-state index contributed by atoms with van der Waals surface area (Å²) in [7, 11) is 0. The summed E-state index contributed by atoms with van der Waals surface area (Å²) >= 11 is 0. The van der Waals surface area contributed by atoms with Crippen molar-refractivity contribution in [3.05, 3.63) is 29.8 Å². The summed E-state index contributed by atoms with van der Waals surface area (Å²) < 4.78 is 5.62. The molecule has 0 aromatic heterocycles. The molecule has 0 aliphatic carbocycles. The molecule has 21 heavy (non-hydrogen) atoms. The molecule has 0 radical (unpaired) electrons. The predicted octanol–water partition coefficient (Wildman–Crippen LogP) is 3.74. The first-order chi connectivity index (χ1) is 10.1. The Hall–Kier alpha value is -1.06. The number of piperidine rings is 1. The maximum absolute atomic E-state index is 6.42. The quantitative estimate of drug-likeness (QED) is 0.867. The zero-order valence-electron chi connectivity index (χ0n) is 13.7. The molecule has 2 rings (SSSR count). The number of likely N-dealkylation sites (tertiary alicyclic amines) is 1. The summed E-state index contributed by atoms with van der Waals surface area (Å²) in [5.74, 6) is 0.938. The van der Waals surface area contributed by atoms with Gasteiger partial charge in [-0.25, -0.2) is 0 Å². The number of benzene rings is 1. The van der Waals surface area contributed by atoms with Gasteiger partial charge in [-0.3, -0.25) is 4.90 Å². The van der Waals surface area contributed by atoms with Gasteiger partial charge < -0.3 is 10.5 Å². The molecule has 1 heterocycles. The third-order valence-corrected chi connectivity index (χ3v) is 4.56. The Kier molecular flexibility index (Phi) is 6.07. The van der Waals surface area contributed by atoms with Crippen molar-refractivity contribution in [3.63, 3.8) is 0 Å². The predicted molar refractivity (Wildman–Crippen MR) is 88.6 cm³/mol. The highest BCUT2D eigenvalue weighted by atomic mass is 16.5. The molecule has 1 aromatic rings. The Balaban J connectivity index is 1.94. The van der Waals surface area contributed by atoms with Gasteiger partial charge >= 0.3 is 0 Å². The van der Waals surface area contributed by atoms with E-state index in [-0.39, 0.29) is 6.04 Å². The molecule has 0 spiro atoms. The lowest BCUT2D eigenvalue weighted by molar-refractivity contribution is 0.0961. The van der Waals surface area contributed by atoms with Gasteiger partial charge in [0.25, 0.3) is 0 Å². The summed E-state index contributed by atoms with van der Waals surface area (Å²) in [5.41, 5.74) is 7.62. The average Bonchev–Trinajstić information content (AvgIpc) is 2.49. The van der Waals surface area contributed by atoms with Crippen LogP contribution in [0, 0.1) is 0 Å². The summed E-state index contributed by atoms with van der Waals surface area (Å²) in [5, 5.41) is 0. The summed E-state index contributed by atoms with van der Waals surface area (Å²) in [6.07, 6.45) is 4.96. The van der Waals surface area contributed by atoms with Crippen molar-refractivity contribution in [3.8, 4) is 5.75 Å². The van der Waals surface area contributed by atoms with E-state index < -0.39 is 0 Å². The molecule has 2 N–H and O–H groups in total. The normalized spacial score (nSPS) is 24.8. The molecule has 118 valence electrons. The van der Waals surface area contributed by atoms with Gasteiger partial charge in [0, 0.05) is 24.7 Å². The Morgan fingerprint density at radius 1 is 1.19 bits per heavy atom. The van der Waals surface area contributed by atoms with Gasteiger partial charge in [0.15, 0.2) is 0 Å². The number of hydrogen-bond acceptors (Lipinski definition) is 3. The van der Waals surface area contributed by atoms with E-state index in [1.54, 1.807) is 0 Å². The fraction of sp³-hybridized carbons (Fsp3) is 0.667. The lowest BCUT2D eigenvalue weighted by atomic mass is 9.96. The van der Waals surface area contributed by atoms with E-state index >= 15 is 0 Å². The summed E-state index contributed by atoms with van der Waals surface area (Å²) in [6.45, 7) is 8.48. The van der Waals surface area contributed by atoms with Crippen molar-refractivity contribution in [2.45, 2.75) is 64.6 Å². The van der Waals surface area contributed by atoms with E-state index in [4.69, 9.17) is 10.5 Å². The topological polar surface area (TPSA) is 38.5 Å². The minimum Gasteiger partial charge on any atom is -0.494 e. The highest BCUT2D eigenvalue weighted by Crippen LogP contribution is 2.25. The van der Waals surface area contributed by atoms with Crippen molar-refractivity contribution < 1.29 is 4.74 Å². The Labute approximate surface area is 129 Å². The van der Waals surface area contributed by atoms with Gasteiger partial charge in [-0.2, -0.15) is 0 Å². The van der Waals surface area contributed by atoms with Gasteiger partial charge in [0.05, 0.1) is 6.61 Å². The molecule has 3 atom stereocenters. The summed E-state index contributed by atoms with van der Waals surface area (Å²) in [6, 6.07) is 9.65. The van der Waals surface area contributed by atoms with Crippen LogP contribution in [0.15, 0.2) is 24.3 Å². The third kappa shape index (κ3) is 4.45. The van der Waals surface area contributed by atoms with E-state index in [0.29, 0.717) is 12.1 Å². The largest absolute Gasteiger partial charge is 0.494 e. The minimum atomic E-state index is 0.0771. The lowest BCUT2D eigenvalue weighted by Crippen LogP contribution is -2.46. The van der Waals surface area contributed by atoms with E-state index in [9.17, 15) is 0 Å². The van der Waals surface area contributed by atoms with Crippen molar-refractivity contribution in [2.24, 2.45) is 5.73 Å². The molecular formula is C18H30N2O. The zero-order valence-corrected chi connectivity index (χ0v) is 13.7. The third-order valence-electron chi connectivity index (χ3n) is 4.56. The molecule has 1 aliphatic heterocycles. The van der Waals surface area contributed by atoms with Crippen LogP contribution in [0.25, 0.3) is 0 Å². The molecule has 1 fully saturated rings. The number of nitrogens with two attached hydrogens (primary N) is 1. The number of rotatable bonds is 6. The molecule has 3 nitrogen and oxygen atoms in total. The van der Waals surface area contributed by atoms with Crippen LogP contribution < -0.4 is 10.5 Å². The number of nitrogens with zero attached hydrogens (tertiary/aromatic N) is 1. The first kappa shape index (κ1) is 16.3. The van der Waals surface area contributed by atoms with Crippen molar-refractivity contribution >= 4 is 0 Å². The maximum atomic E-state index is 6.42. The van der Waals surface area contributed by atoms with Crippen molar-refractivity contribution in [1.29, 1.82) is 0 Å². The average molecular weight is 290 g/mol. The molecule has 3 unspecified atom stereocenters. The van der Waals surface area contributed by atoms with E-state index in [1.165, 1.54) is 24.8 Å². The Bertz CT molecular complexity index is 408. The first-order valence-corrected chi connectivity index (χ1v) is 8.36. The van der Waals surface area contributed by atoms with Gasteiger partial charge in [0.2, 0.25) is 0 Å². The van der Waals surface area contributed by atoms with Crippen LogP contribution in [0.3, 0.4) is 0 Å². The molecule has 0 bridgehead atoms. The second-order valence-corrected chi connectivity index (χ2v) is 6.35. The van der Waals surface area contributed by atoms with Gasteiger partial charge in [-0.15, -0.1) is 0 Å². The van der Waals surface area contributed by atoms with Crippen LogP contribution in [0.2, 0.25) is 0 Å². The highest BCUT2D eigenvalue weighted by molar-refractivity contribution is 5.29. The fourth-order valence-corrected chi connectivity index (χ4v) is 3.20. The number of hydrogen-bond donors (Lipinski definition) is 1. The van der Waals surface area contributed by atoms with Gasteiger partial charge in [0.1, 0.15) is 5.75 Å². The molecular weight excluding hydrogens is 260 g/mol. The minimum absolute atomic E-state index is 0.0771. The molecule has 3 heteroatoms. The Morgan fingerprint density at radius 3 is 2.38 bits per heavy atom. The van der Waals surface area contributed by atoms with Crippen LogP contribution in [-0.2, 0) is 0 Å². The van der Waals surface area contributed by atoms with Crippen LogP contribution in [0.1, 0.15) is 58.1 Å². The second kappa shape index (κ2) is 7.81. The van der Waals surface area contributed by atoms with Crippen LogP contribution >= 0.6 is 0 Å². The smallest absolute Gasteiger partial charge is 0.119 e. The van der Waals surface area contributed by atoms with E-state index in [1.807, 2.05) is 12.1 Å². The van der Waals surface area contributed by atoms with Crippen molar-refractivity contribution in [1.82, 2.24) is 4.90 Å². The van der Waals surface area contributed by atoms with Gasteiger partial charge in [-0.05, 0) is 50.8 Å². The molecule has 0 saturated carbocycles. The monoisotopic (exact) mass is 290 g/mol. The standard InChI is InChI=1S/C18H30N2O/c1-4-12-21-17-10-8-16(9-11-17)18(19)13-20-14(2)6-5-7-15(20)3/h8-11,14-15,18H,4-7,12-13,19H2,1-3H3. The summed E-state index contributed by atoms with van der Waals surface area (Å²) in [4.78, 5) is 2.57. The fourth-order valence-electron chi connectivity index (χ4n) is 3.20. The maximum Gasteiger partial charge on any atom is 0.119 e. The van der Waals surface area contributed by atoms with Crippen LogP contribution in [0.5, 0.6) is 5.75 Å². The zero-order chi connectivity index (χ0) is 15.2. The first-order valence-electron chi connectivity index (χ1n) is 8.36. The van der Waals surface area contributed by atoms with Crippen LogP contribution in [-0.4, -0.2) is 30.1 Å². The van der Waals surface area contributed by atoms with Crippen molar-refractivity contribution in [2.75, 3.05) is 13.2 Å². The SMILES string of the molecule is CCCOc1ccc(C(N)CN2C(C)CCCC2C)cc1. The number of ether oxygens (including phenoxy) is 1. The molecule has 1 aromatic carbocycles. The molecule has 1 aliphatic rings. The van der Waals surface area contributed by atoms with Gasteiger partial charge in [-0.1, -0.05) is 25.5 Å². The van der Waals surface area contributed by atoms with E-state index in [2.05, 4.69) is 37.8 Å². The Morgan fingerprint density at radius 2 is 1.81 bits per heavy atom. The molecule has 0 amide bonds. The lowest BCUT2D eigenvalue weighted by Gasteiger charge is -2.40. The van der Waals surface area contributed by atoms with E-state index in [0.717, 1.165) is 25.3 Å². The highest BCUT2D eigenvalue weighted by Gasteiger charge is 2.26.